The van der Waals surface area contributed by atoms with Gasteiger partial charge >= 0.3 is 0 Å². The Labute approximate surface area is 163 Å². The van der Waals surface area contributed by atoms with Crippen LogP contribution in [0, 0.1) is 0 Å². The maximum atomic E-state index is 13.1. The Morgan fingerprint density at radius 1 is 1.08 bits per heavy atom. The van der Waals surface area contributed by atoms with Crippen LogP contribution >= 0.6 is 11.6 Å². The summed E-state index contributed by atoms with van der Waals surface area (Å²) in [6.45, 7) is 0.564. The average molecular weight is 407 g/mol. The Morgan fingerprint density at radius 2 is 1.77 bits per heavy atom. The zero-order chi connectivity index (χ0) is 18.5. The molecule has 0 saturated carbocycles. The van der Waals surface area contributed by atoms with Crippen molar-refractivity contribution in [1.82, 2.24) is 9.55 Å². The number of aromatic nitrogens is 2. The zero-order valence-corrected chi connectivity index (χ0v) is 16.6. The van der Waals surface area contributed by atoms with Crippen LogP contribution in [0.25, 0.3) is 0 Å². The monoisotopic (exact) mass is 406 g/mol. The van der Waals surface area contributed by atoms with E-state index in [1.165, 1.54) is 0 Å². The second-order valence-electron chi connectivity index (χ2n) is 5.92. The lowest BCUT2D eigenvalue weighted by atomic mass is 10.1. The van der Waals surface area contributed by atoms with Gasteiger partial charge in [0.15, 0.2) is 0 Å². The van der Waals surface area contributed by atoms with Gasteiger partial charge in [0, 0.05) is 62.5 Å². The van der Waals surface area contributed by atoms with Crippen LogP contribution < -0.4 is 0 Å². The molecule has 0 amide bonds. The molecule has 3 rings (SSSR count). The first kappa shape index (κ1) is 19.0. The third-order valence-electron chi connectivity index (χ3n) is 4.06. The molecule has 0 fully saturated rings. The van der Waals surface area contributed by atoms with Crippen LogP contribution in [0.2, 0.25) is 5.02 Å². The van der Waals surface area contributed by atoms with E-state index in [1.807, 2.05) is 59.3 Å². The molecule has 4 nitrogen and oxygen atoms in total. The van der Waals surface area contributed by atoms with Crippen molar-refractivity contribution in [2.24, 2.45) is 0 Å². The summed E-state index contributed by atoms with van der Waals surface area (Å²) in [4.78, 5) is 4.83. The Balaban J connectivity index is 1.85. The van der Waals surface area contributed by atoms with Crippen molar-refractivity contribution in [2.75, 3.05) is 6.26 Å². The van der Waals surface area contributed by atoms with Crippen molar-refractivity contribution >= 4 is 33.2 Å². The summed E-state index contributed by atoms with van der Waals surface area (Å²) >= 11 is 5.93. The number of hydrogen-bond donors (Lipinski definition) is 0. The minimum Gasteiger partial charge on any atom is -0.336 e. The molecular weight excluding hydrogens is 388 g/mol. The first-order valence-electron chi connectivity index (χ1n) is 8.03. The van der Waals surface area contributed by atoms with Gasteiger partial charge in [0.2, 0.25) is 0 Å². The molecule has 3 unspecified atom stereocenters. The van der Waals surface area contributed by atoms with Gasteiger partial charge in [0.05, 0.1) is 11.6 Å². The molecule has 3 atom stereocenters. The molecule has 1 aromatic heterocycles. The quantitative estimate of drug-likeness (QED) is 0.596. The van der Waals surface area contributed by atoms with Crippen LogP contribution in [0.3, 0.4) is 0 Å². The lowest BCUT2D eigenvalue weighted by Crippen LogP contribution is -2.15. The summed E-state index contributed by atoms with van der Waals surface area (Å²) in [5.41, 5.74) is 1.94. The summed E-state index contributed by atoms with van der Waals surface area (Å²) in [6, 6.07) is 14.9. The van der Waals surface area contributed by atoms with Gasteiger partial charge in [-0.05, 0) is 35.4 Å². The van der Waals surface area contributed by atoms with Gasteiger partial charge in [-0.2, -0.15) is 0 Å². The van der Waals surface area contributed by atoms with Crippen molar-refractivity contribution in [3.8, 4) is 0 Å². The van der Waals surface area contributed by atoms with Crippen LogP contribution in [0.5, 0.6) is 0 Å². The number of benzene rings is 2. The standard InChI is InChI=1S/C19H19ClN2O2S2/c1-25(23)18-8-4-16(5-9-18)19(12-22-11-10-21-14-22)26(24)13-15-2-6-17(20)7-3-15/h2-11,14,19H,12-13H2,1H3. The van der Waals surface area contributed by atoms with Crippen LogP contribution in [-0.4, -0.2) is 24.2 Å². The maximum Gasteiger partial charge on any atom is 0.0946 e. The number of halogens is 1. The van der Waals surface area contributed by atoms with E-state index in [2.05, 4.69) is 4.98 Å². The highest BCUT2D eigenvalue weighted by Crippen LogP contribution is 2.26. The molecule has 1 heterocycles. The third kappa shape index (κ3) is 4.90. The largest absolute Gasteiger partial charge is 0.336 e. The highest BCUT2D eigenvalue weighted by atomic mass is 35.5. The Morgan fingerprint density at radius 3 is 2.35 bits per heavy atom. The molecule has 0 saturated heterocycles. The van der Waals surface area contributed by atoms with Gasteiger partial charge in [-0.15, -0.1) is 0 Å². The molecule has 0 aliphatic carbocycles. The minimum atomic E-state index is -1.14. The molecule has 26 heavy (non-hydrogen) atoms. The topological polar surface area (TPSA) is 52.0 Å². The van der Waals surface area contributed by atoms with E-state index in [9.17, 15) is 8.42 Å². The van der Waals surface area contributed by atoms with Crippen molar-refractivity contribution in [1.29, 1.82) is 0 Å². The SMILES string of the molecule is CS(=O)c1ccc(C(Cn2ccnc2)S(=O)Cc2ccc(Cl)cc2)cc1. The van der Waals surface area contributed by atoms with Crippen LogP contribution in [0.4, 0.5) is 0 Å². The van der Waals surface area contributed by atoms with Crippen LogP contribution in [0.15, 0.2) is 72.1 Å². The highest BCUT2D eigenvalue weighted by Gasteiger charge is 2.20. The molecule has 3 aromatic rings. The van der Waals surface area contributed by atoms with Crippen molar-refractivity contribution in [3.05, 3.63) is 83.4 Å². The van der Waals surface area contributed by atoms with Gasteiger partial charge in [-0.1, -0.05) is 35.9 Å². The molecule has 7 heteroatoms. The lowest BCUT2D eigenvalue weighted by molar-refractivity contribution is 0.633. The fraction of sp³-hybridized carbons (Fsp3) is 0.211. The maximum absolute atomic E-state index is 13.1. The normalized spacial score (nSPS) is 14.7. The fourth-order valence-corrected chi connectivity index (χ4v) is 4.81. The third-order valence-corrected chi connectivity index (χ3v) is 6.92. The molecule has 0 aliphatic heterocycles. The van der Waals surface area contributed by atoms with E-state index in [4.69, 9.17) is 11.6 Å². The molecule has 0 N–H and O–H groups in total. The molecule has 0 aliphatic rings. The zero-order valence-electron chi connectivity index (χ0n) is 14.2. The fourth-order valence-electron chi connectivity index (χ4n) is 2.65. The van der Waals surface area contributed by atoms with E-state index in [0.29, 0.717) is 17.3 Å². The van der Waals surface area contributed by atoms with E-state index in [0.717, 1.165) is 16.0 Å². The van der Waals surface area contributed by atoms with Gasteiger partial charge in [-0.3, -0.25) is 8.42 Å². The summed E-state index contributed by atoms with van der Waals surface area (Å²) < 4.78 is 26.7. The first-order valence-corrected chi connectivity index (χ1v) is 11.4. The molecule has 0 radical (unpaired) electrons. The van der Waals surface area contributed by atoms with Crippen LogP contribution in [-0.2, 0) is 33.9 Å². The van der Waals surface area contributed by atoms with Crippen LogP contribution in [0.1, 0.15) is 16.4 Å². The van der Waals surface area contributed by atoms with Gasteiger partial charge < -0.3 is 4.57 Å². The van der Waals surface area contributed by atoms with Gasteiger partial charge in [-0.25, -0.2) is 4.98 Å². The smallest absolute Gasteiger partial charge is 0.0946 e. The number of imidazole rings is 1. The van der Waals surface area contributed by atoms with Crippen molar-refractivity contribution in [2.45, 2.75) is 22.4 Å². The molecule has 0 spiro atoms. The highest BCUT2D eigenvalue weighted by molar-refractivity contribution is 7.84. The summed E-state index contributed by atoms with van der Waals surface area (Å²) in [5, 5.41) is 0.469. The van der Waals surface area contributed by atoms with Gasteiger partial charge in [0.25, 0.3) is 0 Å². The predicted octanol–water partition coefficient (Wildman–Crippen LogP) is 3.96. The first-order chi connectivity index (χ1) is 12.5. The van der Waals surface area contributed by atoms with Gasteiger partial charge in [0.1, 0.15) is 0 Å². The van der Waals surface area contributed by atoms with E-state index in [-0.39, 0.29) is 5.25 Å². The molecular formula is C19H19ClN2O2S2. The minimum absolute atomic E-state index is 0.195. The summed E-state index contributed by atoms with van der Waals surface area (Å²) in [5.74, 6) is 0.442. The molecule has 2 aromatic carbocycles. The summed E-state index contributed by atoms with van der Waals surface area (Å²) in [6.07, 6.45) is 6.95. The Hall–Kier alpha value is -1.76. The lowest BCUT2D eigenvalue weighted by Gasteiger charge is -2.18. The Kier molecular flexibility index (Phi) is 6.40. The average Bonchev–Trinajstić information content (AvgIpc) is 3.15. The number of nitrogens with zero attached hydrogens (tertiary/aromatic N) is 2. The molecule has 0 bridgehead atoms. The van der Waals surface area contributed by atoms with E-state index in [1.54, 1.807) is 18.8 Å². The molecule has 136 valence electrons. The van der Waals surface area contributed by atoms with Crippen molar-refractivity contribution in [3.63, 3.8) is 0 Å². The van der Waals surface area contributed by atoms with E-state index >= 15 is 0 Å². The predicted molar refractivity (Wildman–Crippen MR) is 107 cm³/mol. The number of hydrogen-bond acceptors (Lipinski definition) is 3. The Bertz CT molecular complexity index is 894. The second-order valence-corrected chi connectivity index (χ2v) is 9.36. The summed E-state index contributed by atoms with van der Waals surface area (Å²) in [7, 11) is -2.17. The van der Waals surface area contributed by atoms with Crippen molar-refractivity contribution < 1.29 is 8.42 Å². The van der Waals surface area contributed by atoms with E-state index < -0.39 is 21.6 Å². The second kappa shape index (κ2) is 8.75. The number of rotatable bonds is 7.